The van der Waals surface area contributed by atoms with Crippen LogP contribution in [-0.2, 0) is 20.1 Å². The average molecular weight is 365 g/mol. The smallest absolute Gasteiger partial charge is 0.310 e. The lowest BCUT2D eigenvalue weighted by Gasteiger charge is -2.19. The Morgan fingerprint density at radius 2 is 1.96 bits per heavy atom. The number of hydrogen-bond acceptors (Lipinski definition) is 4. The average Bonchev–Trinajstić information content (AvgIpc) is 3.16. The van der Waals surface area contributed by atoms with Gasteiger partial charge in [0.05, 0.1) is 6.54 Å². The van der Waals surface area contributed by atoms with Crippen molar-refractivity contribution in [3.05, 3.63) is 62.3 Å². The molecule has 7 heteroatoms. The maximum absolute atomic E-state index is 13.0. The first-order chi connectivity index (χ1) is 12.8. The number of aryl methyl sites for hydroxylation is 3. The summed E-state index contributed by atoms with van der Waals surface area (Å²) in [4.78, 5) is 32.5. The number of fused-ring (bicyclic) bond motifs is 3. The summed E-state index contributed by atoms with van der Waals surface area (Å²) in [5.74, 6) is 0.706. The molecule has 0 unspecified atom stereocenters. The minimum Gasteiger partial charge on any atom is -0.310 e. The van der Waals surface area contributed by atoms with Gasteiger partial charge in [0.15, 0.2) is 11.2 Å². The highest BCUT2D eigenvalue weighted by molar-refractivity contribution is 5.78. The van der Waals surface area contributed by atoms with E-state index in [1.54, 1.807) is 14.0 Å². The van der Waals surface area contributed by atoms with E-state index in [9.17, 15) is 9.59 Å². The predicted molar refractivity (Wildman–Crippen MR) is 107 cm³/mol. The van der Waals surface area contributed by atoms with Crippen molar-refractivity contribution in [2.75, 3.05) is 11.4 Å². The first-order valence-electron chi connectivity index (χ1n) is 8.99. The molecule has 0 saturated heterocycles. The molecule has 0 fully saturated rings. The van der Waals surface area contributed by atoms with Crippen LogP contribution in [0.25, 0.3) is 11.2 Å². The van der Waals surface area contributed by atoms with E-state index in [4.69, 9.17) is 0 Å². The van der Waals surface area contributed by atoms with Crippen LogP contribution >= 0.6 is 0 Å². The molecule has 27 heavy (non-hydrogen) atoms. The van der Waals surface area contributed by atoms with Gasteiger partial charge in [-0.1, -0.05) is 29.8 Å². The second-order valence-corrected chi connectivity index (χ2v) is 7.37. The molecule has 0 amide bonds. The summed E-state index contributed by atoms with van der Waals surface area (Å²) in [6.45, 7) is 11.4. The number of aromatic nitrogens is 4. The van der Waals surface area contributed by atoms with Gasteiger partial charge in [-0.25, -0.2) is 4.79 Å². The molecule has 3 aromatic rings. The fraction of sp³-hybridized carbons (Fsp3) is 0.350. The van der Waals surface area contributed by atoms with Crippen LogP contribution in [0.15, 0.2) is 39.9 Å². The summed E-state index contributed by atoms with van der Waals surface area (Å²) in [5.41, 5.74) is 4.40. The number of rotatable bonds is 3. The number of anilines is 2. The highest BCUT2D eigenvalue weighted by Crippen LogP contribution is 2.33. The third-order valence-corrected chi connectivity index (χ3v) is 5.07. The van der Waals surface area contributed by atoms with Gasteiger partial charge in [0, 0.05) is 25.8 Å². The molecule has 0 atom stereocenters. The summed E-state index contributed by atoms with van der Waals surface area (Å²) >= 11 is 0. The van der Waals surface area contributed by atoms with E-state index in [1.807, 2.05) is 4.57 Å². The largest absolute Gasteiger partial charge is 0.332 e. The second-order valence-electron chi connectivity index (χ2n) is 7.37. The Hall–Kier alpha value is -3.09. The van der Waals surface area contributed by atoms with Gasteiger partial charge >= 0.3 is 5.69 Å². The van der Waals surface area contributed by atoms with E-state index in [2.05, 4.69) is 48.5 Å². The van der Waals surface area contributed by atoms with E-state index in [1.165, 1.54) is 14.7 Å². The summed E-state index contributed by atoms with van der Waals surface area (Å²) in [6, 6.07) is 6.29. The molecule has 4 rings (SSSR count). The van der Waals surface area contributed by atoms with E-state index in [0.717, 1.165) is 23.4 Å². The van der Waals surface area contributed by atoms with Crippen LogP contribution < -0.4 is 16.1 Å². The van der Waals surface area contributed by atoms with Crippen LogP contribution in [0.2, 0.25) is 0 Å². The molecule has 0 radical (unpaired) electrons. The fourth-order valence-corrected chi connectivity index (χ4v) is 3.82. The molecular formula is C20H23N5O2. The number of allylic oxidation sites excluding steroid dienone is 1. The third-order valence-electron chi connectivity index (χ3n) is 5.07. The third kappa shape index (κ3) is 2.53. The number of benzene rings is 1. The minimum atomic E-state index is -0.370. The summed E-state index contributed by atoms with van der Waals surface area (Å²) in [6.07, 6.45) is 0. The number of nitrogens with zero attached hydrogens (tertiary/aromatic N) is 5. The molecule has 2 aromatic heterocycles. The standard InChI is InChI=1S/C20H23N5O2/c1-12(2)11-25-18(26)16-17(22(5)20(25)27)21-19-23(8-9-24(16)19)15-7-6-13(3)10-14(15)4/h6-7,10H,1,8-9,11H2,2-5H3. The summed E-state index contributed by atoms with van der Waals surface area (Å²) < 4.78 is 4.61. The van der Waals surface area contributed by atoms with Crippen molar-refractivity contribution >= 4 is 22.8 Å². The van der Waals surface area contributed by atoms with Crippen molar-refractivity contribution in [3.63, 3.8) is 0 Å². The van der Waals surface area contributed by atoms with Gasteiger partial charge in [-0.2, -0.15) is 4.98 Å². The van der Waals surface area contributed by atoms with Crippen molar-refractivity contribution < 1.29 is 0 Å². The van der Waals surface area contributed by atoms with Crippen LogP contribution in [0.5, 0.6) is 0 Å². The van der Waals surface area contributed by atoms with Gasteiger partial charge in [0.25, 0.3) is 5.56 Å². The maximum Gasteiger partial charge on any atom is 0.332 e. The lowest BCUT2D eigenvalue weighted by Crippen LogP contribution is -2.39. The highest BCUT2D eigenvalue weighted by atomic mass is 16.2. The Kier molecular flexibility index (Phi) is 3.83. The summed E-state index contributed by atoms with van der Waals surface area (Å²) in [7, 11) is 1.66. The van der Waals surface area contributed by atoms with E-state index >= 15 is 0 Å². The van der Waals surface area contributed by atoms with Gasteiger partial charge in [-0.15, -0.1) is 0 Å². The van der Waals surface area contributed by atoms with Crippen LogP contribution in [0.4, 0.5) is 11.6 Å². The monoisotopic (exact) mass is 365 g/mol. The molecule has 0 aliphatic carbocycles. The SMILES string of the molecule is C=C(C)Cn1c(=O)c2c(nc3n2CCN3c2ccc(C)cc2C)n(C)c1=O. The van der Waals surface area contributed by atoms with Gasteiger partial charge < -0.3 is 9.47 Å². The van der Waals surface area contributed by atoms with E-state index < -0.39 is 0 Å². The van der Waals surface area contributed by atoms with Crippen molar-refractivity contribution in [2.24, 2.45) is 7.05 Å². The molecule has 140 valence electrons. The van der Waals surface area contributed by atoms with Crippen LogP contribution in [0.1, 0.15) is 18.1 Å². The summed E-state index contributed by atoms with van der Waals surface area (Å²) in [5, 5.41) is 0. The normalized spacial score (nSPS) is 13.4. The molecule has 1 aromatic carbocycles. The van der Waals surface area contributed by atoms with Crippen LogP contribution in [0, 0.1) is 13.8 Å². The first kappa shape index (κ1) is 17.3. The molecule has 1 aliphatic heterocycles. The maximum atomic E-state index is 13.0. The predicted octanol–water partition coefficient (Wildman–Crippen LogP) is 2.24. The molecular weight excluding hydrogens is 342 g/mol. The molecule has 0 spiro atoms. The lowest BCUT2D eigenvalue weighted by atomic mass is 10.1. The van der Waals surface area contributed by atoms with Gasteiger partial charge in [-0.3, -0.25) is 13.9 Å². The van der Waals surface area contributed by atoms with E-state index in [0.29, 0.717) is 23.7 Å². The van der Waals surface area contributed by atoms with Crippen LogP contribution in [-0.4, -0.2) is 25.2 Å². The molecule has 0 bridgehead atoms. The first-order valence-corrected chi connectivity index (χ1v) is 8.99. The van der Waals surface area contributed by atoms with Crippen molar-refractivity contribution in [3.8, 4) is 0 Å². The fourth-order valence-electron chi connectivity index (χ4n) is 3.82. The van der Waals surface area contributed by atoms with Crippen molar-refractivity contribution in [2.45, 2.75) is 33.9 Å². The number of imidazole rings is 1. The van der Waals surface area contributed by atoms with Crippen molar-refractivity contribution in [1.29, 1.82) is 0 Å². The number of hydrogen-bond donors (Lipinski definition) is 0. The lowest BCUT2D eigenvalue weighted by molar-refractivity contribution is 0.647. The van der Waals surface area contributed by atoms with Gasteiger partial charge in [0.2, 0.25) is 5.95 Å². The second kappa shape index (κ2) is 5.97. The van der Waals surface area contributed by atoms with E-state index in [-0.39, 0.29) is 17.8 Å². The van der Waals surface area contributed by atoms with Gasteiger partial charge in [0.1, 0.15) is 0 Å². The molecule has 1 aliphatic rings. The molecule has 3 heterocycles. The Labute approximate surface area is 156 Å². The zero-order valence-electron chi connectivity index (χ0n) is 16.1. The van der Waals surface area contributed by atoms with Gasteiger partial charge in [-0.05, 0) is 32.4 Å². The molecule has 0 N–H and O–H groups in total. The zero-order valence-corrected chi connectivity index (χ0v) is 16.1. The quantitative estimate of drug-likeness (QED) is 0.668. The zero-order chi connectivity index (χ0) is 19.5. The Morgan fingerprint density at radius 1 is 1.22 bits per heavy atom. The minimum absolute atomic E-state index is 0.211. The van der Waals surface area contributed by atoms with Crippen molar-refractivity contribution in [1.82, 2.24) is 18.7 Å². The Morgan fingerprint density at radius 3 is 2.63 bits per heavy atom. The Balaban J connectivity index is 1.96. The highest BCUT2D eigenvalue weighted by Gasteiger charge is 2.29. The topological polar surface area (TPSA) is 65.1 Å². The Bertz CT molecular complexity index is 1210. The molecule has 7 nitrogen and oxygen atoms in total. The molecule has 0 saturated carbocycles. The van der Waals surface area contributed by atoms with Crippen LogP contribution in [0.3, 0.4) is 0 Å².